The molecule has 14 rings (SSSR count). The molecule has 2 heteroatoms. The lowest BCUT2D eigenvalue weighted by molar-refractivity contribution is 0.644. The summed E-state index contributed by atoms with van der Waals surface area (Å²) in [5.74, 6) is 0. The van der Waals surface area contributed by atoms with E-state index in [0.29, 0.717) is 0 Å². The molecule has 0 saturated heterocycles. The van der Waals surface area contributed by atoms with Crippen LogP contribution in [0.5, 0.6) is 0 Å². The lowest BCUT2D eigenvalue weighted by Crippen LogP contribution is -2.32. The zero-order chi connectivity index (χ0) is 43.7. The molecule has 0 fully saturated rings. The van der Waals surface area contributed by atoms with Crippen LogP contribution in [0.2, 0.25) is 0 Å². The van der Waals surface area contributed by atoms with E-state index in [1.807, 2.05) is 6.07 Å². The molecule has 1 heterocycles. The molecule has 0 N–H and O–H groups in total. The van der Waals surface area contributed by atoms with Gasteiger partial charge in [-0.25, -0.2) is 0 Å². The topological polar surface area (TPSA) is 8.17 Å². The van der Waals surface area contributed by atoms with E-state index >= 15 is 0 Å². The standard InChI is InChI=1S/C64H44N2/c1-63(2)55-25-13-9-21-47(55)51-35-33-45(37-59(51)63)65(44-31-29-42(30-32-44)41-17-5-3-6-18-41)46-34-36-52-54-39-60-53(40-62(54)66(61(52)38-46)43-19-7-4-8-20-43)50-24-12-16-28-58(50)64(60)56-26-14-10-22-48(56)49-23-11-15-27-57(49)64/h3-7,9-19,21-32,34-40,45H,33H2,1-2H3. The molecular weight excluding hydrogens is 797 g/mol. The van der Waals surface area contributed by atoms with Gasteiger partial charge in [-0.2, -0.15) is 0 Å². The summed E-state index contributed by atoms with van der Waals surface area (Å²) in [6, 6.07) is 81.4. The van der Waals surface area contributed by atoms with Gasteiger partial charge in [0.25, 0.3) is 0 Å². The van der Waals surface area contributed by atoms with Crippen molar-refractivity contribution in [3.63, 3.8) is 0 Å². The smallest absolute Gasteiger partial charge is 0.0973 e. The highest BCUT2D eigenvalue weighted by molar-refractivity contribution is 6.13. The van der Waals surface area contributed by atoms with Crippen LogP contribution in [0.3, 0.4) is 0 Å². The number of nitrogens with zero attached hydrogens (tertiary/aromatic N) is 2. The van der Waals surface area contributed by atoms with Crippen LogP contribution in [0, 0.1) is 12.1 Å². The van der Waals surface area contributed by atoms with E-state index in [1.165, 1.54) is 99.9 Å². The summed E-state index contributed by atoms with van der Waals surface area (Å²) < 4.78 is 2.43. The largest absolute Gasteiger partial charge is 0.334 e. The van der Waals surface area contributed by atoms with Crippen LogP contribution in [0.15, 0.2) is 218 Å². The van der Waals surface area contributed by atoms with Gasteiger partial charge in [0.1, 0.15) is 0 Å². The second-order valence-corrected chi connectivity index (χ2v) is 19.0. The maximum absolute atomic E-state index is 3.53. The van der Waals surface area contributed by atoms with Gasteiger partial charge < -0.3 is 9.47 Å². The Balaban J connectivity index is 1.01. The highest BCUT2D eigenvalue weighted by Crippen LogP contribution is 2.63. The minimum atomic E-state index is -0.425. The van der Waals surface area contributed by atoms with Crippen molar-refractivity contribution in [1.29, 1.82) is 0 Å². The first-order valence-electron chi connectivity index (χ1n) is 23.3. The summed E-state index contributed by atoms with van der Waals surface area (Å²) in [5.41, 5.74) is 23.7. The molecule has 0 saturated carbocycles. The number of fused-ring (bicyclic) bond motifs is 16. The molecule has 9 aromatic carbocycles. The zero-order valence-corrected chi connectivity index (χ0v) is 36.9. The quantitative estimate of drug-likeness (QED) is 0.168. The van der Waals surface area contributed by atoms with Gasteiger partial charge in [-0.1, -0.05) is 184 Å². The zero-order valence-electron chi connectivity index (χ0n) is 36.9. The van der Waals surface area contributed by atoms with Gasteiger partial charge in [-0.05, 0) is 139 Å². The lowest BCUT2D eigenvalue weighted by atomic mass is 9.70. The van der Waals surface area contributed by atoms with Crippen LogP contribution in [0.4, 0.5) is 11.4 Å². The average molecular weight is 841 g/mol. The highest BCUT2D eigenvalue weighted by Gasteiger charge is 2.52. The van der Waals surface area contributed by atoms with Crippen LogP contribution in [-0.2, 0) is 10.8 Å². The molecule has 2 nitrogen and oxygen atoms in total. The Morgan fingerprint density at radius 3 is 1.77 bits per heavy atom. The van der Waals surface area contributed by atoms with Crippen LogP contribution < -0.4 is 4.90 Å². The van der Waals surface area contributed by atoms with E-state index in [2.05, 4.69) is 242 Å². The van der Waals surface area contributed by atoms with Gasteiger partial charge in [-0.15, -0.1) is 0 Å². The third kappa shape index (κ3) is 4.98. The van der Waals surface area contributed by atoms with Crippen molar-refractivity contribution in [2.45, 2.75) is 37.1 Å². The van der Waals surface area contributed by atoms with Crippen molar-refractivity contribution < 1.29 is 0 Å². The third-order valence-electron chi connectivity index (χ3n) is 15.4. The number of hydrogen-bond acceptors (Lipinski definition) is 1. The fourth-order valence-corrected chi connectivity index (χ4v) is 12.5. The molecule has 10 aromatic rings. The van der Waals surface area contributed by atoms with Crippen molar-refractivity contribution in [3.8, 4) is 39.1 Å². The van der Waals surface area contributed by atoms with Crippen LogP contribution >= 0.6 is 0 Å². The molecule has 4 aliphatic rings. The predicted molar refractivity (Wildman–Crippen MR) is 273 cm³/mol. The second-order valence-electron chi connectivity index (χ2n) is 19.0. The average Bonchev–Trinajstić information content (AvgIpc) is 4.03. The monoisotopic (exact) mass is 840 g/mol. The van der Waals surface area contributed by atoms with Gasteiger partial charge in [0.2, 0.25) is 0 Å². The third-order valence-corrected chi connectivity index (χ3v) is 15.4. The molecule has 66 heavy (non-hydrogen) atoms. The van der Waals surface area contributed by atoms with Crippen molar-refractivity contribution in [3.05, 3.63) is 263 Å². The van der Waals surface area contributed by atoms with E-state index in [0.717, 1.165) is 23.3 Å². The molecule has 1 spiro atoms. The normalized spacial score (nSPS) is 16.4. The Bertz CT molecular complexity index is 3650. The van der Waals surface area contributed by atoms with Gasteiger partial charge in [0.05, 0.1) is 28.2 Å². The molecule has 1 aromatic heterocycles. The maximum atomic E-state index is 3.53. The van der Waals surface area contributed by atoms with E-state index in [-0.39, 0.29) is 11.5 Å². The van der Waals surface area contributed by atoms with Gasteiger partial charge in [0, 0.05) is 27.6 Å². The minimum Gasteiger partial charge on any atom is -0.334 e. The molecule has 0 radical (unpaired) electrons. The minimum absolute atomic E-state index is 0.0921. The summed E-state index contributed by atoms with van der Waals surface area (Å²) >= 11 is 0. The Morgan fingerprint density at radius 2 is 1.09 bits per heavy atom. The Hall–Kier alpha value is -8.12. The van der Waals surface area contributed by atoms with E-state index in [1.54, 1.807) is 0 Å². The van der Waals surface area contributed by atoms with Crippen molar-refractivity contribution in [2.24, 2.45) is 0 Å². The van der Waals surface area contributed by atoms with Crippen molar-refractivity contribution >= 4 is 38.8 Å². The first kappa shape index (κ1) is 37.3. The van der Waals surface area contributed by atoms with Gasteiger partial charge >= 0.3 is 0 Å². The maximum Gasteiger partial charge on any atom is 0.0973 e. The Labute approximate surface area is 386 Å². The number of aromatic nitrogens is 1. The second kappa shape index (κ2) is 13.7. The molecule has 0 amide bonds. The van der Waals surface area contributed by atoms with Gasteiger partial charge in [-0.3, -0.25) is 0 Å². The Morgan fingerprint density at radius 1 is 0.500 bits per heavy atom. The number of allylic oxidation sites excluding steroid dienone is 2. The number of rotatable bonds is 5. The fourth-order valence-electron chi connectivity index (χ4n) is 12.5. The van der Waals surface area contributed by atoms with Crippen molar-refractivity contribution in [2.75, 3.05) is 4.90 Å². The first-order valence-corrected chi connectivity index (χ1v) is 23.3. The molecule has 1 atom stereocenters. The van der Waals surface area contributed by atoms with Crippen LogP contribution in [0.1, 0.15) is 53.6 Å². The number of hydrogen-bond donors (Lipinski definition) is 0. The first-order chi connectivity index (χ1) is 32.5. The summed E-state index contributed by atoms with van der Waals surface area (Å²) in [4.78, 5) is 2.58. The molecule has 310 valence electrons. The SMILES string of the molecule is CC1(C)C2=CC(N(c3ccc(-c4ccccc4)cc3)c3ccc4c5cc6c(cc5n(-c5c#cccc5)c4c3)-c3ccccc3C63c4ccccc4-c4ccccc43)CC=C2c2ccccc21. The summed E-state index contributed by atoms with van der Waals surface area (Å²) in [6.07, 6.45) is 5.96. The fraction of sp³-hybridized carbons (Fsp3) is 0.0938. The van der Waals surface area contributed by atoms with Gasteiger partial charge in [0.15, 0.2) is 0 Å². The van der Waals surface area contributed by atoms with E-state index in [4.69, 9.17) is 0 Å². The molecule has 1 unspecified atom stereocenters. The number of benzene rings is 8. The highest BCUT2D eigenvalue weighted by atomic mass is 15.2. The molecule has 0 bridgehead atoms. The van der Waals surface area contributed by atoms with Crippen LogP contribution in [-0.4, -0.2) is 10.6 Å². The Kier molecular flexibility index (Phi) is 7.73. The lowest BCUT2D eigenvalue weighted by Gasteiger charge is -2.36. The van der Waals surface area contributed by atoms with Crippen LogP contribution in [0.25, 0.3) is 66.4 Å². The van der Waals surface area contributed by atoms with E-state index in [9.17, 15) is 0 Å². The summed E-state index contributed by atoms with van der Waals surface area (Å²) in [5, 5.41) is 2.45. The predicted octanol–water partition coefficient (Wildman–Crippen LogP) is 15.6. The van der Waals surface area contributed by atoms with Crippen molar-refractivity contribution in [1.82, 2.24) is 4.57 Å². The van der Waals surface area contributed by atoms with E-state index < -0.39 is 5.41 Å². The number of anilines is 2. The summed E-state index contributed by atoms with van der Waals surface area (Å²) in [7, 11) is 0. The molecular formula is C64H44N2. The molecule has 4 aliphatic carbocycles. The molecule has 0 aliphatic heterocycles. The summed E-state index contributed by atoms with van der Waals surface area (Å²) in [6.45, 7) is 4.78.